The SMILES string of the molecule is CCCCP(=O)(CC1CCCCC1)OC. The monoisotopic (exact) mass is 232 g/mol. The standard InChI is InChI=1S/C12H25O2P/c1-3-4-10-15(13,14-2)11-12-8-6-5-7-9-12/h12H,3-11H2,1-2H3. The molecule has 0 saturated heterocycles. The summed E-state index contributed by atoms with van der Waals surface area (Å²) in [5, 5.41) is 0. The molecule has 0 amide bonds. The van der Waals surface area contributed by atoms with E-state index in [1.807, 2.05) is 0 Å². The van der Waals surface area contributed by atoms with Crippen LogP contribution in [0.4, 0.5) is 0 Å². The third-order valence-corrected chi connectivity index (χ3v) is 6.18. The summed E-state index contributed by atoms with van der Waals surface area (Å²) in [6.45, 7) is 2.14. The Labute approximate surface area is 94.2 Å². The molecule has 0 radical (unpaired) electrons. The molecule has 1 atom stereocenters. The lowest BCUT2D eigenvalue weighted by Crippen LogP contribution is -2.13. The van der Waals surface area contributed by atoms with Gasteiger partial charge in [-0.15, -0.1) is 0 Å². The van der Waals surface area contributed by atoms with Gasteiger partial charge in [0.1, 0.15) is 0 Å². The number of hydrogen-bond acceptors (Lipinski definition) is 2. The average molecular weight is 232 g/mol. The van der Waals surface area contributed by atoms with E-state index in [-0.39, 0.29) is 0 Å². The van der Waals surface area contributed by atoms with Gasteiger partial charge in [-0.2, -0.15) is 0 Å². The van der Waals surface area contributed by atoms with Gasteiger partial charge in [0.05, 0.1) is 0 Å². The lowest BCUT2D eigenvalue weighted by Gasteiger charge is -2.25. The topological polar surface area (TPSA) is 26.3 Å². The van der Waals surface area contributed by atoms with Crippen molar-refractivity contribution in [3.63, 3.8) is 0 Å². The summed E-state index contributed by atoms with van der Waals surface area (Å²) in [6, 6.07) is 0. The zero-order valence-corrected chi connectivity index (χ0v) is 11.1. The van der Waals surface area contributed by atoms with Gasteiger partial charge in [-0.3, -0.25) is 4.57 Å². The second kappa shape index (κ2) is 6.70. The van der Waals surface area contributed by atoms with Crippen LogP contribution in [0.5, 0.6) is 0 Å². The van der Waals surface area contributed by atoms with Gasteiger partial charge in [0, 0.05) is 19.4 Å². The van der Waals surface area contributed by atoms with Crippen LogP contribution >= 0.6 is 7.37 Å². The molecule has 0 bridgehead atoms. The lowest BCUT2D eigenvalue weighted by atomic mass is 9.91. The third-order valence-electron chi connectivity index (χ3n) is 3.45. The largest absolute Gasteiger partial charge is 0.332 e. The molecule has 2 nitrogen and oxygen atoms in total. The smallest absolute Gasteiger partial charge is 0.203 e. The van der Waals surface area contributed by atoms with Gasteiger partial charge >= 0.3 is 0 Å². The van der Waals surface area contributed by atoms with E-state index in [0.29, 0.717) is 5.92 Å². The zero-order chi connectivity index (χ0) is 11.1. The van der Waals surface area contributed by atoms with E-state index in [0.717, 1.165) is 25.2 Å². The zero-order valence-electron chi connectivity index (χ0n) is 10.2. The lowest BCUT2D eigenvalue weighted by molar-refractivity contribution is 0.350. The first-order valence-electron chi connectivity index (χ1n) is 6.34. The quantitative estimate of drug-likeness (QED) is 0.638. The molecule has 1 saturated carbocycles. The molecule has 1 aliphatic carbocycles. The third kappa shape index (κ3) is 4.70. The predicted molar refractivity (Wildman–Crippen MR) is 65.8 cm³/mol. The fraction of sp³-hybridized carbons (Fsp3) is 1.00. The molecule has 0 aliphatic heterocycles. The summed E-state index contributed by atoms with van der Waals surface area (Å²) >= 11 is 0. The van der Waals surface area contributed by atoms with E-state index in [9.17, 15) is 4.57 Å². The number of hydrogen-bond donors (Lipinski definition) is 0. The molecule has 1 unspecified atom stereocenters. The van der Waals surface area contributed by atoms with Crippen molar-refractivity contribution in [2.75, 3.05) is 19.4 Å². The van der Waals surface area contributed by atoms with Crippen molar-refractivity contribution < 1.29 is 9.09 Å². The highest BCUT2D eigenvalue weighted by atomic mass is 31.2. The Hall–Kier alpha value is 0.190. The molecule has 1 aliphatic rings. The molecule has 0 spiro atoms. The van der Waals surface area contributed by atoms with E-state index in [4.69, 9.17) is 4.52 Å². The van der Waals surface area contributed by atoms with Crippen LogP contribution in [-0.2, 0) is 9.09 Å². The van der Waals surface area contributed by atoms with Crippen molar-refractivity contribution in [2.24, 2.45) is 5.92 Å². The van der Waals surface area contributed by atoms with Crippen molar-refractivity contribution in [3.05, 3.63) is 0 Å². The van der Waals surface area contributed by atoms with Gasteiger partial charge in [0.25, 0.3) is 0 Å². The summed E-state index contributed by atoms with van der Waals surface area (Å²) in [5.74, 6) is 0.668. The van der Waals surface area contributed by atoms with Gasteiger partial charge in [0.15, 0.2) is 0 Å². The Morgan fingerprint density at radius 1 is 1.27 bits per heavy atom. The first kappa shape index (κ1) is 13.3. The van der Waals surface area contributed by atoms with Crippen LogP contribution in [0.15, 0.2) is 0 Å². The Morgan fingerprint density at radius 3 is 2.47 bits per heavy atom. The molecule has 3 heteroatoms. The molecule has 0 heterocycles. The van der Waals surface area contributed by atoms with Crippen LogP contribution < -0.4 is 0 Å². The molecule has 0 aromatic rings. The second-order valence-electron chi connectivity index (χ2n) is 4.76. The Kier molecular flexibility index (Phi) is 5.92. The number of unbranched alkanes of at least 4 members (excludes halogenated alkanes) is 1. The van der Waals surface area contributed by atoms with Crippen LogP contribution in [0.3, 0.4) is 0 Å². The van der Waals surface area contributed by atoms with Crippen molar-refractivity contribution >= 4 is 7.37 Å². The van der Waals surface area contributed by atoms with Gasteiger partial charge in [0.2, 0.25) is 7.37 Å². The Balaban J connectivity index is 2.39. The van der Waals surface area contributed by atoms with Crippen LogP contribution in [0.1, 0.15) is 51.9 Å². The van der Waals surface area contributed by atoms with Crippen LogP contribution in [0.2, 0.25) is 0 Å². The molecule has 1 fully saturated rings. The summed E-state index contributed by atoms with van der Waals surface area (Å²) in [6.07, 6.45) is 10.3. The van der Waals surface area contributed by atoms with Crippen LogP contribution in [0, 0.1) is 5.92 Å². The predicted octanol–water partition coefficient (Wildman–Crippen LogP) is 4.29. The minimum absolute atomic E-state index is 0.668. The maximum Gasteiger partial charge on any atom is 0.203 e. The molecule has 0 aromatic carbocycles. The van der Waals surface area contributed by atoms with Gasteiger partial charge in [-0.05, 0) is 25.2 Å². The summed E-state index contributed by atoms with van der Waals surface area (Å²) in [7, 11) is -0.661. The van der Waals surface area contributed by atoms with Gasteiger partial charge < -0.3 is 4.52 Å². The van der Waals surface area contributed by atoms with E-state index >= 15 is 0 Å². The minimum atomic E-state index is -2.29. The Bertz CT molecular complexity index is 210. The highest BCUT2D eigenvalue weighted by Crippen LogP contribution is 2.50. The average Bonchev–Trinajstić information content (AvgIpc) is 2.28. The van der Waals surface area contributed by atoms with E-state index in [1.165, 1.54) is 32.1 Å². The fourth-order valence-corrected chi connectivity index (χ4v) is 4.88. The molecule has 1 rings (SSSR count). The summed E-state index contributed by atoms with van der Waals surface area (Å²) in [4.78, 5) is 0. The van der Waals surface area contributed by atoms with Crippen molar-refractivity contribution in [3.8, 4) is 0 Å². The minimum Gasteiger partial charge on any atom is -0.332 e. The van der Waals surface area contributed by atoms with Crippen molar-refractivity contribution in [1.29, 1.82) is 0 Å². The van der Waals surface area contributed by atoms with E-state index in [1.54, 1.807) is 7.11 Å². The normalized spacial score (nSPS) is 22.5. The maximum absolute atomic E-state index is 12.4. The second-order valence-corrected chi connectivity index (χ2v) is 7.57. The summed E-state index contributed by atoms with van der Waals surface area (Å²) in [5.41, 5.74) is 0. The van der Waals surface area contributed by atoms with E-state index in [2.05, 4.69) is 6.92 Å². The molecule has 0 N–H and O–H groups in total. The van der Waals surface area contributed by atoms with Crippen molar-refractivity contribution in [1.82, 2.24) is 0 Å². The fourth-order valence-electron chi connectivity index (χ4n) is 2.42. The summed E-state index contributed by atoms with van der Waals surface area (Å²) < 4.78 is 17.7. The molecular weight excluding hydrogens is 207 g/mol. The van der Waals surface area contributed by atoms with Gasteiger partial charge in [-0.25, -0.2) is 0 Å². The molecule has 0 aromatic heterocycles. The maximum atomic E-state index is 12.4. The first-order valence-corrected chi connectivity index (χ1v) is 8.33. The van der Waals surface area contributed by atoms with Gasteiger partial charge in [-0.1, -0.05) is 32.6 Å². The molecular formula is C12H25O2P. The van der Waals surface area contributed by atoms with Crippen LogP contribution in [-0.4, -0.2) is 19.4 Å². The number of rotatable bonds is 6. The van der Waals surface area contributed by atoms with Crippen molar-refractivity contribution in [2.45, 2.75) is 51.9 Å². The van der Waals surface area contributed by atoms with E-state index < -0.39 is 7.37 Å². The highest BCUT2D eigenvalue weighted by Gasteiger charge is 2.26. The molecule has 90 valence electrons. The molecule has 15 heavy (non-hydrogen) atoms. The Morgan fingerprint density at radius 2 is 1.93 bits per heavy atom. The van der Waals surface area contributed by atoms with Crippen LogP contribution in [0.25, 0.3) is 0 Å². The highest BCUT2D eigenvalue weighted by molar-refractivity contribution is 7.58. The first-order chi connectivity index (χ1) is 7.20.